The second-order valence-electron chi connectivity index (χ2n) is 6.78. The Labute approximate surface area is 152 Å². The molecule has 1 fully saturated rings. The molecular formula is C21H21ClN2O. The Hall–Kier alpha value is -2.26. The Morgan fingerprint density at radius 2 is 1.92 bits per heavy atom. The fourth-order valence-corrected chi connectivity index (χ4v) is 3.82. The van der Waals surface area contributed by atoms with Crippen molar-refractivity contribution >= 4 is 28.4 Å². The number of H-pyrrole nitrogens is 1. The Bertz CT molecular complexity index is 884. The van der Waals surface area contributed by atoms with Crippen molar-refractivity contribution < 1.29 is 4.79 Å². The van der Waals surface area contributed by atoms with Gasteiger partial charge in [-0.1, -0.05) is 36.2 Å². The predicted molar refractivity (Wildman–Crippen MR) is 102 cm³/mol. The van der Waals surface area contributed by atoms with Crippen LogP contribution in [0, 0.1) is 0 Å². The van der Waals surface area contributed by atoms with Crippen LogP contribution >= 0.6 is 11.6 Å². The number of halogens is 1. The van der Waals surface area contributed by atoms with Crippen molar-refractivity contribution in [3.63, 3.8) is 0 Å². The summed E-state index contributed by atoms with van der Waals surface area (Å²) in [5.74, 6) is 0.496. The van der Waals surface area contributed by atoms with E-state index in [1.54, 1.807) is 0 Å². The number of carbonyl (C=O) groups is 1. The topological polar surface area (TPSA) is 36.1 Å². The van der Waals surface area contributed by atoms with Crippen LogP contribution < -0.4 is 0 Å². The fourth-order valence-electron chi connectivity index (χ4n) is 3.70. The van der Waals surface area contributed by atoms with Crippen LogP contribution in [0.3, 0.4) is 0 Å². The zero-order valence-corrected chi connectivity index (χ0v) is 14.8. The van der Waals surface area contributed by atoms with Gasteiger partial charge in [-0.25, -0.2) is 0 Å². The first-order valence-corrected chi connectivity index (χ1v) is 9.20. The number of aromatic amines is 1. The summed E-state index contributed by atoms with van der Waals surface area (Å²) in [6.45, 7) is 1.59. The molecule has 1 amide bonds. The van der Waals surface area contributed by atoms with Crippen molar-refractivity contribution in [3.05, 3.63) is 70.9 Å². The van der Waals surface area contributed by atoms with Crippen LogP contribution in [0.15, 0.2) is 54.7 Å². The van der Waals surface area contributed by atoms with Gasteiger partial charge in [-0.2, -0.15) is 0 Å². The maximum Gasteiger partial charge on any atom is 0.253 e. The summed E-state index contributed by atoms with van der Waals surface area (Å²) in [6.07, 6.45) is 5.22. The minimum absolute atomic E-state index is 0.123. The minimum atomic E-state index is 0.123. The number of hydrogen-bond acceptors (Lipinski definition) is 1. The summed E-state index contributed by atoms with van der Waals surface area (Å²) in [4.78, 5) is 18.2. The molecule has 0 aliphatic carbocycles. The van der Waals surface area contributed by atoms with Crippen molar-refractivity contribution in [1.29, 1.82) is 0 Å². The van der Waals surface area contributed by atoms with E-state index in [9.17, 15) is 4.79 Å². The third kappa shape index (κ3) is 3.42. The first-order chi connectivity index (χ1) is 12.2. The number of hydrogen-bond donors (Lipinski definition) is 1. The number of rotatable bonds is 2. The molecule has 2 aromatic carbocycles. The van der Waals surface area contributed by atoms with Crippen molar-refractivity contribution in [3.8, 4) is 0 Å². The molecule has 3 nitrogen and oxygen atoms in total. The number of benzene rings is 2. The lowest BCUT2D eigenvalue weighted by Gasteiger charge is -2.25. The SMILES string of the molecule is O=C(c1ccc2cc[nH]c2c1)N1CCCC[C@H](c2ccc(Cl)cc2)C1. The summed E-state index contributed by atoms with van der Waals surface area (Å²) in [5, 5.41) is 1.89. The number of nitrogens with zero attached hydrogens (tertiary/aromatic N) is 1. The fraction of sp³-hybridized carbons (Fsp3) is 0.286. The number of fused-ring (bicyclic) bond motifs is 1. The molecule has 1 saturated heterocycles. The van der Waals surface area contributed by atoms with E-state index in [4.69, 9.17) is 11.6 Å². The van der Waals surface area contributed by atoms with E-state index in [-0.39, 0.29) is 5.91 Å². The molecule has 4 rings (SSSR count). The number of aromatic nitrogens is 1. The highest BCUT2D eigenvalue weighted by Gasteiger charge is 2.24. The molecule has 128 valence electrons. The molecule has 1 aliphatic rings. The quantitative estimate of drug-likeness (QED) is 0.673. The summed E-state index contributed by atoms with van der Waals surface area (Å²) < 4.78 is 0. The van der Waals surface area contributed by atoms with Crippen molar-refractivity contribution in [1.82, 2.24) is 9.88 Å². The standard InChI is InChI=1S/C21H21ClN2O/c22-19-8-6-15(7-9-19)18-3-1-2-12-24(14-18)21(25)17-5-4-16-10-11-23-20(16)13-17/h4-11,13,18,23H,1-3,12,14H2/t18-/m0/s1. The zero-order chi connectivity index (χ0) is 17.2. The largest absolute Gasteiger partial charge is 0.361 e. The molecule has 0 saturated carbocycles. The van der Waals surface area contributed by atoms with Gasteiger partial charge in [0.1, 0.15) is 0 Å². The lowest BCUT2D eigenvalue weighted by atomic mass is 9.94. The van der Waals surface area contributed by atoms with Crippen molar-refractivity contribution in [2.75, 3.05) is 13.1 Å². The molecule has 2 heterocycles. The van der Waals surface area contributed by atoms with Crippen LogP contribution in [0.4, 0.5) is 0 Å². The molecule has 3 aromatic rings. The van der Waals surface area contributed by atoms with E-state index in [1.807, 2.05) is 47.5 Å². The summed E-state index contributed by atoms with van der Waals surface area (Å²) in [7, 11) is 0. The number of amides is 1. The van der Waals surface area contributed by atoms with E-state index in [2.05, 4.69) is 17.1 Å². The van der Waals surface area contributed by atoms with Gasteiger partial charge in [0.25, 0.3) is 5.91 Å². The van der Waals surface area contributed by atoms with Crippen LogP contribution in [-0.2, 0) is 0 Å². The van der Waals surface area contributed by atoms with Crippen molar-refractivity contribution in [2.45, 2.75) is 25.2 Å². The summed E-state index contributed by atoms with van der Waals surface area (Å²) in [6, 6.07) is 16.0. The molecule has 0 bridgehead atoms. The molecule has 0 radical (unpaired) electrons. The van der Waals surface area contributed by atoms with E-state index in [1.165, 1.54) is 5.56 Å². The molecule has 4 heteroatoms. The van der Waals surface area contributed by atoms with E-state index in [0.717, 1.165) is 53.8 Å². The summed E-state index contributed by atoms with van der Waals surface area (Å²) >= 11 is 6.01. The monoisotopic (exact) mass is 352 g/mol. The molecular weight excluding hydrogens is 332 g/mol. The zero-order valence-electron chi connectivity index (χ0n) is 14.0. The van der Waals surface area contributed by atoms with Gasteiger partial charge in [0.2, 0.25) is 0 Å². The van der Waals surface area contributed by atoms with E-state index in [0.29, 0.717) is 5.92 Å². The maximum atomic E-state index is 13.0. The molecule has 1 atom stereocenters. The van der Waals surface area contributed by atoms with Crippen LogP contribution in [0.2, 0.25) is 5.02 Å². The van der Waals surface area contributed by atoms with Crippen LogP contribution in [0.5, 0.6) is 0 Å². The molecule has 0 spiro atoms. The number of carbonyl (C=O) groups excluding carboxylic acids is 1. The molecule has 1 aliphatic heterocycles. The highest BCUT2D eigenvalue weighted by molar-refractivity contribution is 6.30. The van der Waals surface area contributed by atoms with Gasteiger partial charge in [0, 0.05) is 41.3 Å². The average Bonchev–Trinajstić information content (AvgIpc) is 2.97. The molecule has 1 N–H and O–H groups in total. The molecule has 25 heavy (non-hydrogen) atoms. The van der Waals surface area contributed by atoms with Gasteiger partial charge in [0.15, 0.2) is 0 Å². The minimum Gasteiger partial charge on any atom is -0.361 e. The maximum absolute atomic E-state index is 13.0. The van der Waals surface area contributed by atoms with Gasteiger partial charge < -0.3 is 9.88 Å². The third-order valence-electron chi connectivity index (χ3n) is 5.10. The van der Waals surface area contributed by atoms with Crippen LogP contribution in [0.1, 0.15) is 41.1 Å². The second kappa shape index (κ2) is 6.93. The second-order valence-corrected chi connectivity index (χ2v) is 7.21. The Morgan fingerprint density at radius 3 is 2.76 bits per heavy atom. The Morgan fingerprint density at radius 1 is 1.08 bits per heavy atom. The lowest BCUT2D eigenvalue weighted by molar-refractivity contribution is 0.0754. The van der Waals surface area contributed by atoms with Gasteiger partial charge in [0.05, 0.1) is 0 Å². The lowest BCUT2D eigenvalue weighted by Crippen LogP contribution is -2.34. The number of likely N-dealkylation sites (tertiary alicyclic amines) is 1. The Balaban J connectivity index is 1.57. The Kier molecular flexibility index (Phi) is 4.50. The first kappa shape index (κ1) is 16.2. The van der Waals surface area contributed by atoms with Gasteiger partial charge in [-0.3, -0.25) is 4.79 Å². The van der Waals surface area contributed by atoms with Crippen molar-refractivity contribution in [2.24, 2.45) is 0 Å². The van der Waals surface area contributed by atoms with E-state index < -0.39 is 0 Å². The van der Waals surface area contributed by atoms with Crippen LogP contribution in [-0.4, -0.2) is 28.9 Å². The normalized spacial score (nSPS) is 18.3. The third-order valence-corrected chi connectivity index (χ3v) is 5.35. The van der Waals surface area contributed by atoms with Gasteiger partial charge in [-0.05, 0) is 54.1 Å². The molecule has 0 unspecified atom stereocenters. The summed E-state index contributed by atoms with van der Waals surface area (Å²) in [5.41, 5.74) is 3.03. The van der Waals surface area contributed by atoms with E-state index >= 15 is 0 Å². The van der Waals surface area contributed by atoms with Crippen LogP contribution in [0.25, 0.3) is 10.9 Å². The highest BCUT2D eigenvalue weighted by atomic mass is 35.5. The predicted octanol–water partition coefficient (Wildman–Crippen LogP) is 5.23. The first-order valence-electron chi connectivity index (χ1n) is 8.82. The average molecular weight is 353 g/mol. The smallest absolute Gasteiger partial charge is 0.253 e. The highest BCUT2D eigenvalue weighted by Crippen LogP contribution is 2.28. The molecule has 1 aromatic heterocycles. The van der Waals surface area contributed by atoms with Gasteiger partial charge >= 0.3 is 0 Å². The van der Waals surface area contributed by atoms with Gasteiger partial charge in [-0.15, -0.1) is 0 Å². The number of nitrogens with one attached hydrogen (secondary N) is 1.